The number of hydrogen-bond donors (Lipinski definition) is 1. The van der Waals surface area contributed by atoms with Crippen molar-refractivity contribution >= 4 is 16.9 Å². The van der Waals surface area contributed by atoms with E-state index in [-0.39, 0.29) is 12.0 Å². The number of esters is 1. The normalized spacial score (nSPS) is 16.4. The van der Waals surface area contributed by atoms with Crippen LogP contribution in [0.2, 0.25) is 0 Å². The van der Waals surface area contributed by atoms with Crippen LogP contribution < -0.4 is 4.74 Å². The Morgan fingerprint density at radius 3 is 2.80 bits per heavy atom. The molecule has 158 valence electrons. The highest BCUT2D eigenvalue weighted by Crippen LogP contribution is 2.37. The molecule has 4 rings (SSSR count). The Balaban J connectivity index is 1.66. The van der Waals surface area contributed by atoms with Crippen LogP contribution >= 0.6 is 0 Å². The minimum Gasteiger partial charge on any atom is -0.496 e. The van der Waals surface area contributed by atoms with E-state index >= 15 is 0 Å². The number of hydrogen-bond acceptors (Lipinski definition) is 4. The van der Waals surface area contributed by atoms with Crippen molar-refractivity contribution in [1.82, 2.24) is 9.88 Å². The summed E-state index contributed by atoms with van der Waals surface area (Å²) in [7, 11) is 3.19. The molecule has 1 atom stereocenters. The van der Waals surface area contributed by atoms with Crippen LogP contribution in [0.25, 0.3) is 10.9 Å². The van der Waals surface area contributed by atoms with E-state index in [1.807, 2.05) is 0 Å². The lowest BCUT2D eigenvalue weighted by Crippen LogP contribution is -2.39. The van der Waals surface area contributed by atoms with Crippen LogP contribution in [-0.2, 0) is 28.8 Å². The van der Waals surface area contributed by atoms with Gasteiger partial charge in [-0.15, -0.1) is 0 Å². The number of fused-ring (bicyclic) bond motifs is 2. The van der Waals surface area contributed by atoms with Crippen LogP contribution in [0.4, 0.5) is 0 Å². The fourth-order valence-corrected chi connectivity index (χ4v) is 4.69. The highest BCUT2D eigenvalue weighted by molar-refractivity contribution is 5.83. The van der Waals surface area contributed by atoms with Gasteiger partial charge in [-0.1, -0.05) is 31.2 Å². The van der Waals surface area contributed by atoms with E-state index in [4.69, 9.17) is 9.47 Å². The molecule has 0 aliphatic carbocycles. The fourth-order valence-electron chi connectivity index (χ4n) is 4.69. The number of nitrogens with one attached hydrogen (secondary N) is 1. The van der Waals surface area contributed by atoms with Crippen LogP contribution in [0.15, 0.2) is 42.6 Å². The number of aryl methyl sites for hydroxylation is 2. The molecular formula is C25H30N2O3. The Labute approximate surface area is 178 Å². The number of para-hydroxylation sites is 1. The standard InChI is InChI=1S/C25H30N2O3/c1-4-17-13-18-11-12-27(16-25(28)30-3)23(21(18)14-24(17)29-2)10-9-19-15-26-22-8-6-5-7-20(19)22/h5-8,13-15,23,26H,4,9-12,16H2,1-3H3. The summed E-state index contributed by atoms with van der Waals surface area (Å²) in [6.07, 6.45) is 5.86. The fraction of sp³-hybridized carbons (Fsp3) is 0.400. The maximum absolute atomic E-state index is 12.1. The second kappa shape index (κ2) is 8.92. The molecule has 0 spiro atoms. The predicted molar refractivity (Wildman–Crippen MR) is 119 cm³/mol. The zero-order valence-electron chi connectivity index (χ0n) is 18.0. The summed E-state index contributed by atoms with van der Waals surface area (Å²) in [5, 5.41) is 1.27. The number of nitrogens with zero attached hydrogens (tertiary/aromatic N) is 1. The van der Waals surface area contributed by atoms with E-state index in [9.17, 15) is 4.79 Å². The first-order valence-corrected chi connectivity index (χ1v) is 10.7. The third kappa shape index (κ3) is 3.94. The number of benzene rings is 2. The maximum Gasteiger partial charge on any atom is 0.319 e. The third-order valence-electron chi connectivity index (χ3n) is 6.31. The van der Waals surface area contributed by atoms with Gasteiger partial charge >= 0.3 is 5.97 Å². The lowest BCUT2D eigenvalue weighted by molar-refractivity contribution is -0.142. The van der Waals surface area contributed by atoms with Crippen molar-refractivity contribution in [1.29, 1.82) is 0 Å². The van der Waals surface area contributed by atoms with Crippen molar-refractivity contribution in [3.8, 4) is 5.75 Å². The molecule has 0 saturated heterocycles. The van der Waals surface area contributed by atoms with Crippen LogP contribution in [0.3, 0.4) is 0 Å². The van der Waals surface area contributed by atoms with Gasteiger partial charge in [0.1, 0.15) is 5.75 Å². The minimum atomic E-state index is -0.187. The Hall–Kier alpha value is -2.79. The molecule has 3 aromatic rings. The molecule has 1 aliphatic rings. The topological polar surface area (TPSA) is 54.6 Å². The van der Waals surface area contributed by atoms with E-state index in [1.165, 1.54) is 34.7 Å². The van der Waals surface area contributed by atoms with E-state index < -0.39 is 0 Å². The van der Waals surface area contributed by atoms with Gasteiger partial charge in [0.15, 0.2) is 0 Å². The van der Waals surface area contributed by atoms with E-state index in [0.717, 1.165) is 43.5 Å². The van der Waals surface area contributed by atoms with Gasteiger partial charge in [-0.25, -0.2) is 0 Å². The molecule has 5 nitrogen and oxygen atoms in total. The van der Waals surface area contributed by atoms with E-state index in [0.29, 0.717) is 6.54 Å². The Bertz CT molecular complexity index is 1040. The van der Waals surface area contributed by atoms with Gasteiger partial charge in [-0.05, 0) is 60.1 Å². The van der Waals surface area contributed by atoms with Crippen molar-refractivity contribution in [2.45, 2.75) is 38.6 Å². The Kier molecular flexibility index (Phi) is 6.09. The quantitative estimate of drug-likeness (QED) is 0.589. The molecule has 2 heterocycles. The maximum atomic E-state index is 12.1. The molecule has 30 heavy (non-hydrogen) atoms. The second-order valence-corrected chi connectivity index (χ2v) is 7.93. The number of aromatic amines is 1. The third-order valence-corrected chi connectivity index (χ3v) is 6.31. The van der Waals surface area contributed by atoms with Crippen molar-refractivity contribution in [2.24, 2.45) is 0 Å². The zero-order chi connectivity index (χ0) is 21.1. The summed E-state index contributed by atoms with van der Waals surface area (Å²) in [4.78, 5) is 17.7. The highest BCUT2D eigenvalue weighted by atomic mass is 16.5. The van der Waals surface area contributed by atoms with Crippen LogP contribution in [0, 0.1) is 0 Å². The summed E-state index contributed by atoms with van der Waals surface area (Å²) in [6.45, 7) is 3.33. The van der Waals surface area contributed by atoms with Crippen LogP contribution in [-0.4, -0.2) is 43.2 Å². The number of ether oxygens (including phenoxy) is 2. The van der Waals surface area contributed by atoms with Crippen molar-refractivity contribution in [3.05, 3.63) is 64.8 Å². The average Bonchev–Trinajstić information content (AvgIpc) is 3.20. The minimum absolute atomic E-state index is 0.154. The van der Waals surface area contributed by atoms with Gasteiger partial charge in [0.05, 0.1) is 20.8 Å². The van der Waals surface area contributed by atoms with Gasteiger partial charge in [-0.3, -0.25) is 9.69 Å². The number of aromatic nitrogens is 1. The lowest BCUT2D eigenvalue weighted by atomic mass is 9.87. The monoisotopic (exact) mass is 406 g/mol. The number of carbonyl (C=O) groups is 1. The second-order valence-electron chi connectivity index (χ2n) is 7.93. The molecule has 0 saturated carbocycles. The largest absolute Gasteiger partial charge is 0.496 e. The first-order chi connectivity index (χ1) is 14.6. The molecule has 0 radical (unpaired) electrons. The molecule has 2 aromatic carbocycles. The molecule has 0 bridgehead atoms. The SMILES string of the molecule is CCc1cc2c(cc1OC)C(CCc1c[nH]c3ccccc13)N(CC(=O)OC)CC2. The Morgan fingerprint density at radius 1 is 1.20 bits per heavy atom. The summed E-state index contributed by atoms with van der Waals surface area (Å²) in [5.41, 5.74) is 6.37. The van der Waals surface area contributed by atoms with Crippen molar-refractivity contribution < 1.29 is 14.3 Å². The summed E-state index contributed by atoms with van der Waals surface area (Å²) < 4.78 is 10.6. The first-order valence-electron chi connectivity index (χ1n) is 10.7. The number of H-pyrrole nitrogens is 1. The first kappa shape index (κ1) is 20.5. The van der Waals surface area contributed by atoms with Crippen LogP contribution in [0.5, 0.6) is 5.75 Å². The van der Waals surface area contributed by atoms with E-state index in [2.05, 4.69) is 59.4 Å². The van der Waals surface area contributed by atoms with E-state index in [1.54, 1.807) is 7.11 Å². The lowest BCUT2D eigenvalue weighted by Gasteiger charge is -2.37. The number of methoxy groups -OCH3 is 2. The van der Waals surface area contributed by atoms with Crippen molar-refractivity contribution in [2.75, 3.05) is 27.3 Å². The van der Waals surface area contributed by atoms with Gasteiger partial charge in [-0.2, -0.15) is 0 Å². The van der Waals surface area contributed by atoms with Gasteiger partial charge in [0.25, 0.3) is 0 Å². The van der Waals surface area contributed by atoms with Crippen LogP contribution in [0.1, 0.15) is 41.6 Å². The number of rotatable bonds is 7. The molecule has 0 fully saturated rings. The Morgan fingerprint density at radius 2 is 2.03 bits per heavy atom. The van der Waals surface area contributed by atoms with Gasteiger partial charge in [0, 0.05) is 29.7 Å². The molecule has 1 unspecified atom stereocenters. The smallest absolute Gasteiger partial charge is 0.319 e. The molecular weight excluding hydrogens is 376 g/mol. The highest BCUT2D eigenvalue weighted by Gasteiger charge is 2.30. The molecule has 1 N–H and O–H groups in total. The molecule has 1 aromatic heterocycles. The van der Waals surface area contributed by atoms with Crippen molar-refractivity contribution in [3.63, 3.8) is 0 Å². The molecule has 1 aliphatic heterocycles. The van der Waals surface area contributed by atoms with Gasteiger partial charge in [0.2, 0.25) is 0 Å². The predicted octanol–water partition coefficient (Wildman–Crippen LogP) is 4.44. The summed E-state index contributed by atoms with van der Waals surface area (Å²) in [6, 6.07) is 13.0. The average molecular weight is 407 g/mol. The molecule has 5 heteroatoms. The summed E-state index contributed by atoms with van der Waals surface area (Å²) in [5.74, 6) is 0.751. The molecule has 0 amide bonds. The zero-order valence-corrected chi connectivity index (χ0v) is 18.0. The van der Waals surface area contributed by atoms with Gasteiger partial charge < -0.3 is 14.5 Å². The summed E-state index contributed by atoms with van der Waals surface area (Å²) >= 11 is 0. The number of carbonyl (C=O) groups excluding carboxylic acids is 1.